The van der Waals surface area contributed by atoms with E-state index in [2.05, 4.69) is 15.3 Å². The van der Waals surface area contributed by atoms with Crippen molar-refractivity contribution in [1.29, 1.82) is 0 Å². The predicted molar refractivity (Wildman–Crippen MR) is 81.0 cm³/mol. The molecule has 2 atom stereocenters. The molecule has 2 aliphatic heterocycles. The minimum absolute atomic E-state index is 0.118. The third-order valence-electron chi connectivity index (χ3n) is 4.93. The summed E-state index contributed by atoms with van der Waals surface area (Å²) < 4.78 is 40.7. The van der Waals surface area contributed by atoms with E-state index < -0.39 is 17.5 Å². The van der Waals surface area contributed by atoms with Gasteiger partial charge in [-0.25, -0.2) is 9.97 Å². The average Bonchev–Trinajstić information content (AvgIpc) is 3.05. The fraction of sp³-hybridized carbons (Fsp3) is 0.667. The zero-order chi connectivity index (χ0) is 17.4. The molecule has 6 nitrogen and oxygen atoms in total. The van der Waals surface area contributed by atoms with Crippen LogP contribution in [-0.4, -0.2) is 53.1 Å². The molecule has 0 spiro atoms. The third kappa shape index (κ3) is 2.92. The van der Waals surface area contributed by atoms with E-state index in [1.807, 2.05) is 0 Å². The van der Waals surface area contributed by atoms with Crippen molar-refractivity contribution in [2.24, 2.45) is 5.41 Å². The number of nitrogens with zero attached hydrogens (tertiary/aromatic N) is 3. The highest BCUT2D eigenvalue weighted by atomic mass is 19.4. The van der Waals surface area contributed by atoms with Crippen LogP contribution < -0.4 is 11.1 Å². The summed E-state index contributed by atoms with van der Waals surface area (Å²) in [6.07, 6.45) is -1.84. The number of hydrogen-bond donors (Lipinski definition) is 2. The summed E-state index contributed by atoms with van der Waals surface area (Å²) in [5.74, 6) is -0.818. The third-order valence-corrected chi connectivity index (χ3v) is 4.93. The Morgan fingerprint density at radius 3 is 2.88 bits per heavy atom. The minimum atomic E-state index is -4.56. The smallest absolute Gasteiger partial charge is 0.368 e. The van der Waals surface area contributed by atoms with Gasteiger partial charge in [-0.05, 0) is 31.9 Å². The van der Waals surface area contributed by atoms with Crippen LogP contribution in [0.5, 0.6) is 0 Å². The van der Waals surface area contributed by atoms with Crippen LogP contribution >= 0.6 is 0 Å². The number of aromatic nitrogens is 2. The topological polar surface area (TPSA) is 84.1 Å². The van der Waals surface area contributed by atoms with Crippen LogP contribution in [0.15, 0.2) is 12.3 Å². The molecule has 132 valence electrons. The molecular formula is C15H20F3N5O. The lowest BCUT2D eigenvalue weighted by molar-refractivity contribution is -0.222. The highest BCUT2D eigenvalue weighted by Crippen LogP contribution is 2.45. The van der Waals surface area contributed by atoms with Crippen molar-refractivity contribution in [2.75, 3.05) is 31.9 Å². The summed E-state index contributed by atoms with van der Waals surface area (Å²) in [5.41, 5.74) is 3.94. The van der Waals surface area contributed by atoms with E-state index in [9.17, 15) is 18.0 Å². The molecule has 1 amide bonds. The molecule has 1 aromatic heterocycles. The van der Waals surface area contributed by atoms with E-state index in [1.54, 1.807) is 6.07 Å². The maximum absolute atomic E-state index is 13.6. The van der Waals surface area contributed by atoms with Gasteiger partial charge in [0.05, 0.1) is 5.69 Å². The molecule has 2 unspecified atom stereocenters. The Bertz CT molecular complexity index is 615. The van der Waals surface area contributed by atoms with Crippen molar-refractivity contribution in [3.8, 4) is 0 Å². The van der Waals surface area contributed by atoms with E-state index in [-0.39, 0.29) is 37.9 Å². The molecule has 3 rings (SSSR count). The maximum Gasteiger partial charge on any atom is 0.404 e. The molecule has 24 heavy (non-hydrogen) atoms. The van der Waals surface area contributed by atoms with Crippen molar-refractivity contribution in [1.82, 2.24) is 20.2 Å². The van der Waals surface area contributed by atoms with Gasteiger partial charge >= 0.3 is 6.18 Å². The van der Waals surface area contributed by atoms with Crippen molar-refractivity contribution in [3.63, 3.8) is 0 Å². The second-order valence-electron chi connectivity index (χ2n) is 6.44. The number of nitrogens with two attached hydrogens (primary N) is 1. The Kier molecular flexibility index (Phi) is 4.37. The van der Waals surface area contributed by atoms with Gasteiger partial charge < -0.3 is 16.0 Å². The van der Waals surface area contributed by atoms with Gasteiger partial charge in [0.25, 0.3) is 0 Å². The number of hydrogen-bond acceptors (Lipinski definition) is 5. The lowest BCUT2D eigenvalue weighted by atomic mass is 9.83. The Balaban J connectivity index is 1.80. The number of anilines is 1. The number of carbonyl (C=O) groups excluding carboxylic acids is 1. The molecule has 0 radical (unpaired) electrons. The van der Waals surface area contributed by atoms with Crippen LogP contribution in [-0.2, 0) is 4.79 Å². The van der Waals surface area contributed by atoms with Crippen molar-refractivity contribution >= 4 is 11.9 Å². The Hall–Kier alpha value is -1.90. The van der Waals surface area contributed by atoms with Gasteiger partial charge in [-0.3, -0.25) is 4.79 Å². The first kappa shape index (κ1) is 16.9. The van der Waals surface area contributed by atoms with E-state index in [0.29, 0.717) is 18.7 Å². The number of carbonyl (C=O) groups is 1. The van der Waals surface area contributed by atoms with Crippen LogP contribution in [0.2, 0.25) is 0 Å². The lowest BCUT2D eigenvalue weighted by Crippen LogP contribution is -2.55. The van der Waals surface area contributed by atoms with Crippen LogP contribution in [0.25, 0.3) is 0 Å². The monoisotopic (exact) mass is 343 g/mol. The molecule has 9 heteroatoms. The SMILES string of the molecule is Nc1nccc(C2CCCN(C(=O)C3(C(F)(F)F)CCNC3)C2)n1. The van der Waals surface area contributed by atoms with Gasteiger partial charge in [0.2, 0.25) is 11.9 Å². The summed E-state index contributed by atoms with van der Waals surface area (Å²) in [7, 11) is 0. The van der Waals surface area contributed by atoms with E-state index in [0.717, 1.165) is 6.42 Å². The van der Waals surface area contributed by atoms with Crippen molar-refractivity contribution in [2.45, 2.75) is 31.4 Å². The molecule has 3 N–H and O–H groups in total. The first-order valence-electron chi connectivity index (χ1n) is 7.99. The second-order valence-corrected chi connectivity index (χ2v) is 6.44. The Morgan fingerprint density at radius 2 is 2.25 bits per heavy atom. The number of nitrogens with one attached hydrogen (secondary N) is 1. The summed E-state index contributed by atoms with van der Waals surface area (Å²) in [6.45, 7) is 0.419. The van der Waals surface area contributed by atoms with Gasteiger partial charge in [-0.2, -0.15) is 13.2 Å². The highest BCUT2D eigenvalue weighted by Gasteiger charge is 2.62. The lowest BCUT2D eigenvalue weighted by Gasteiger charge is -2.39. The second kappa shape index (κ2) is 6.19. The van der Waals surface area contributed by atoms with Gasteiger partial charge in [0, 0.05) is 31.7 Å². The first-order valence-corrected chi connectivity index (χ1v) is 7.99. The maximum atomic E-state index is 13.6. The minimum Gasteiger partial charge on any atom is -0.368 e. The van der Waals surface area contributed by atoms with Gasteiger partial charge in [-0.1, -0.05) is 0 Å². The van der Waals surface area contributed by atoms with E-state index in [1.165, 1.54) is 11.1 Å². The number of nitrogen functional groups attached to an aromatic ring is 1. The number of rotatable bonds is 2. The Labute approximate surface area is 137 Å². The normalized spacial score (nSPS) is 28.1. The molecule has 3 heterocycles. The van der Waals surface area contributed by atoms with Gasteiger partial charge in [-0.15, -0.1) is 0 Å². The predicted octanol–water partition coefficient (Wildman–Crippen LogP) is 1.31. The number of alkyl halides is 3. The fourth-order valence-electron chi connectivity index (χ4n) is 3.56. The molecular weight excluding hydrogens is 323 g/mol. The molecule has 2 aliphatic rings. The Morgan fingerprint density at radius 1 is 1.46 bits per heavy atom. The van der Waals surface area contributed by atoms with Crippen molar-refractivity contribution < 1.29 is 18.0 Å². The summed E-state index contributed by atoms with van der Waals surface area (Å²) >= 11 is 0. The average molecular weight is 343 g/mol. The number of likely N-dealkylation sites (tertiary alicyclic amines) is 1. The number of amides is 1. The molecule has 1 aromatic rings. The summed E-state index contributed by atoms with van der Waals surface area (Å²) in [4.78, 5) is 22.0. The van der Waals surface area contributed by atoms with E-state index >= 15 is 0 Å². The number of piperidine rings is 1. The molecule has 0 aliphatic carbocycles. The molecule has 0 aromatic carbocycles. The zero-order valence-electron chi connectivity index (χ0n) is 13.1. The summed E-state index contributed by atoms with van der Waals surface area (Å²) in [5, 5.41) is 2.69. The van der Waals surface area contributed by atoms with Crippen LogP contribution in [0, 0.1) is 5.41 Å². The molecule has 2 fully saturated rings. The van der Waals surface area contributed by atoms with Crippen LogP contribution in [0.3, 0.4) is 0 Å². The van der Waals surface area contributed by atoms with E-state index in [4.69, 9.17) is 5.73 Å². The van der Waals surface area contributed by atoms with Crippen molar-refractivity contribution in [3.05, 3.63) is 18.0 Å². The molecule has 2 saturated heterocycles. The molecule has 0 saturated carbocycles. The van der Waals surface area contributed by atoms with Crippen LogP contribution in [0.4, 0.5) is 19.1 Å². The van der Waals surface area contributed by atoms with Gasteiger partial charge in [0.1, 0.15) is 0 Å². The quantitative estimate of drug-likeness (QED) is 0.846. The largest absolute Gasteiger partial charge is 0.404 e. The number of halogens is 3. The standard InChI is InChI=1S/C15H20F3N5O/c16-15(17,18)14(4-6-20-9-14)12(24)23-7-1-2-10(8-23)11-3-5-21-13(19)22-11/h3,5,10,20H,1-2,4,6-9H2,(H2,19,21,22). The fourth-order valence-corrected chi connectivity index (χ4v) is 3.56. The van der Waals surface area contributed by atoms with Crippen LogP contribution in [0.1, 0.15) is 30.9 Å². The van der Waals surface area contributed by atoms with Gasteiger partial charge in [0.15, 0.2) is 5.41 Å². The summed E-state index contributed by atoms with van der Waals surface area (Å²) in [6, 6.07) is 1.70. The molecule has 0 bridgehead atoms. The zero-order valence-corrected chi connectivity index (χ0v) is 13.1. The first-order chi connectivity index (χ1) is 11.3. The highest BCUT2D eigenvalue weighted by molar-refractivity contribution is 5.84.